The Hall–Kier alpha value is -0.610. The van der Waals surface area contributed by atoms with Crippen molar-refractivity contribution >= 4 is 21.7 Å². The maximum atomic E-state index is 4.38. The van der Waals surface area contributed by atoms with E-state index in [1.807, 2.05) is 6.20 Å². The van der Waals surface area contributed by atoms with Crippen molar-refractivity contribution in [3.63, 3.8) is 0 Å². The summed E-state index contributed by atoms with van der Waals surface area (Å²) in [6.45, 7) is 7.70. The van der Waals surface area contributed by atoms with Gasteiger partial charge >= 0.3 is 0 Å². The molecule has 1 aliphatic rings. The average Bonchev–Trinajstić information content (AvgIpc) is 2.32. The van der Waals surface area contributed by atoms with E-state index >= 15 is 0 Å². The maximum absolute atomic E-state index is 4.38. The van der Waals surface area contributed by atoms with Gasteiger partial charge in [0.25, 0.3) is 0 Å². The molecule has 3 nitrogen and oxygen atoms in total. The van der Waals surface area contributed by atoms with Gasteiger partial charge in [-0.3, -0.25) is 0 Å². The number of piperidine rings is 1. The molecule has 1 saturated heterocycles. The summed E-state index contributed by atoms with van der Waals surface area (Å²) in [4.78, 5) is 4.38. The van der Waals surface area contributed by atoms with Crippen molar-refractivity contribution in [3.05, 3.63) is 22.3 Å². The minimum atomic E-state index is 0.397. The van der Waals surface area contributed by atoms with Gasteiger partial charge in [-0.05, 0) is 65.8 Å². The van der Waals surface area contributed by atoms with Crippen LogP contribution >= 0.6 is 15.9 Å². The van der Waals surface area contributed by atoms with Crippen LogP contribution in [0.25, 0.3) is 0 Å². The highest BCUT2D eigenvalue weighted by atomic mass is 79.9. The first-order chi connectivity index (χ1) is 8.09. The summed E-state index contributed by atoms with van der Waals surface area (Å²) in [5.41, 5.74) is 1.62. The maximum Gasteiger partial charge on any atom is 0.126 e. The number of aromatic nitrogens is 1. The van der Waals surface area contributed by atoms with Crippen LogP contribution in [-0.2, 0) is 0 Å². The first-order valence-electron chi connectivity index (χ1n) is 6.16. The third-order valence-electron chi connectivity index (χ3n) is 3.55. The molecule has 0 saturated carbocycles. The van der Waals surface area contributed by atoms with Crippen LogP contribution in [0.2, 0.25) is 0 Å². The second-order valence-corrected chi connectivity index (χ2v) is 6.09. The number of hydrogen-bond donors (Lipinski definition) is 2. The highest BCUT2D eigenvalue weighted by molar-refractivity contribution is 9.10. The predicted molar refractivity (Wildman–Crippen MR) is 75.4 cm³/mol. The van der Waals surface area contributed by atoms with Gasteiger partial charge in [0.05, 0.1) is 0 Å². The molecule has 0 aliphatic carbocycles. The van der Waals surface area contributed by atoms with Crippen LogP contribution in [0.4, 0.5) is 5.82 Å². The van der Waals surface area contributed by atoms with E-state index < -0.39 is 0 Å². The van der Waals surface area contributed by atoms with Gasteiger partial charge in [-0.2, -0.15) is 0 Å². The molecule has 4 heteroatoms. The van der Waals surface area contributed by atoms with Crippen LogP contribution < -0.4 is 10.6 Å². The summed E-state index contributed by atoms with van der Waals surface area (Å²) in [5, 5.41) is 6.87. The molecule has 0 bridgehead atoms. The number of pyridine rings is 1. The zero-order valence-electron chi connectivity index (χ0n) is 10.5. The van der Waals surface area contributed by atoms with E-state index in [4.69, 9.17) is 0 Å². The summed E-state index contributed by atoms with van der Waals surface area (Å²) < 4.78 is 1.07. The fraction of sp³-hybridized carbons (Fsp3) is 0.615. The van der Waals surface area contributed by atoms with Gasteiger partial charge in [-0.25, -0.2) is 4.98 Å². The topological polar surface area (TPSA) is 37.0 Å². The Kier molecular flexibility index (Phi) is 4.05. The van der Waals surface area contributed by atoms with Gasteiger partial charge in [0.1, 0.15) is 5.82 Å². The van der Waals surface area contributed by atoms with Crippen LogP contribution in [0, 0.1) is 12.3 Å². The van der Waals surface area contributed by atoms with Gasteiger partial charge in [0.2, 0.25) is 0 Å². The van der Waals surface area contributed by atoms with Crippen molar-refractivity contribution in [2.45, 2.75) is 26.7 Å². The van der Waals surface area contributed by atoms with Crippen molar-refractivity contribution in [2.75, 3.05) is 25.0 Å². The monoisotopic (exact) mass is 297 g/mol. The number of hydrogen-bond acceptors (Lipinski definition) is 3. The smallest absolute Gasteiger partial charge is 0.126 e. The van der Waals surface area contributed by atoms with Gasteiger partial charge in [-0.1, -0.05) is 6.92 Å². The number of nitrogens with one attached hydrogen (secondary N) is 2. The summed E-state index contributed by atoms with van der Waals surface area (Å²) in [6.07, 6.45) is 4.33. The zero-order chi connectivity index (χ0) is 12.3. The molecule has 2 rings (SSSR count). The van der Waals surface area contributed by atoms with Gasteiger partial charge in [0, 0.05) is 17.2 Å². The summed E-state index contributed by atoms with van der Waals surface area (Å²) in [7, 11) is 0. The van der Waals surface area contributed by atoms with E-state index in [1.165, 1.54) is 18.4 Å². The Balaban J connectivity index is 1.94. The lowest BCUT2D eigenvalue weighted by molar-refractivity contribution is 0.247. The van der Waals surface area contributed by atoms with E-state index in [2.05, 4.69) is 51.5 Å². The molecule has 1 aliphatic heterocycles. The third-order valence-corrected chi connectivity index (χ3v) is 4.38. The largest absolute Gasteiger partial charge is 0.370 e. The van der Waals surface area contributed by atoms with Crippen LogP contribution in [0.3, 0.4) is 0 Å². The van der Waals surface area contributed by atoms with Crippen molar-refractivity contribution in [1.82, 2.24) is 10.3 Å². The van der Waals surface area contributed by atoms with Gasteiger partial charge in [0.15, 0.2) is 0 Å². The Morgan fingerprint density at radius 2 is 2.18 bits per heavy atom. The molecular formula is C13H20BrN3. The lowest BCUT2D eigenvalue weighted by Gasteiger charge is -2.34. The van der Waals surface area contributed by atoms with Crippen LogP contribution in [0.5, 0.6) is 0 Å². The van der Waals surface area contributed by atoms with Gasteiger partial charge in [-0.15, -0.1) is 0 Å². The molecule has 1 fully saturated rings. The molecule has 0 unspecified atom stereocenters. The molecule has 1 aromatic rings. The quantitative estimate of drug-likeness (QED) is 0.901. The molecule has 0 radical (unpaired) electrons. The van der Waals surface area contributed by atoms with Crippen LogP contribution in [0.1, 0.15) is 25.3 Å². The van der Waals surface area contributed by atoms with E-state index in [9.17, 15) is 0 Å². The number of rotatable bonds is 3. The minimum Gasteiger partial charge on any atom is -0.370 e. The predicted octanol–water partition coefficient (Wildman–Crippen LogP) is 2.95. The molecule has 0 aromatic carbocycles. The number of anilines is 1. The molecule has 2 heterocycles. The SMILES string of the molecule is Cc1cc(NCC2(C)CCNCC2)ncc1Br. The highest BCUT2D eigenvalue weighted by Gasteiger charge is 2.26. The van der Waals surface area contributed by atoms with E-state index in [0.29, 0.717) is 5.41 Å². The fourth-order valence-corrected chi connectivity index (χ4v) is 2.36. The fourth-order valence-electron chi connectivity index (χ4n) is 2.15. The molecule has 94 valence electrons. The number of nitrogens with zero attached hydrogens (tertiary/aromatic N) is 1. The van der Waals surface area contributed by atoms with Crippen molar-refractivity contribution < 1.29 is 0 Å². The Bertz CT molecular complexity index is 386. The minimum absolute atomic E-state index is 0.397. The average molecular weight is 298 g/mol. The molecule has 0 amide bonds. The Morgan fingerprint density at radius 3 is 2.82 bits per heavy atom. The van der Waals surface area contributed by atoms with E-state index in [-0.39, 0.29) is 0 Å². The summed E-state index contributed by atoms with van der Waals surface area (Å²) >= 11 is 3.47. The molecule has 17 heavy (non-hydrogen) atoms. The summed E-state index contributed by atoms with van der Waals surface area (Å²) in [6, 6.07) is 2.09. The second kappa shape index (κ2) is 5.36. The molecule has 2 N–H and O–H groups in total. The van der Waals surface area contributed by atoms with Crippen molar-refractivity contribution in [1.29, 1.82) is 0 Å². The lowest BCUT2D eigenvalue weighted by atomic mass is 9.81. The van der Waals surface area contributed by atoms with E-state index in [1.54, 1.807) is 0 Å². The Morgan fingerprint density at radius 1 is 1.47 bits per heavy atom. The first-order valence-corrected chi connectivity index (χ1v) is 6.95. The zero-order valence-corrected chi connectivity index (χ0v) is 12.1. The van der Waals surface area contributed by atoms with Crippen molar-refractivity contribution in [2.24, 2.45) is 5.41 Å². The second-order valence-electron chi connectivity index (χ2n) is 5.23. The van der Waals surface area contributed by atoms with E-state index in [0.717, 1.165) is 29.9 Å². The van der Waals surface area contributed by atoms with Crippen LogP contribution in [0.15, 0.2) is 16.7 Å². The Labute approximate surface area is 112 Å². The standard InChI is InChI=1S/C13H20BrN3/c1-10-7-12(16-8-11(10)14)17-9-13(2)3-5-15-6-4-13/h7-8,15H,3-6,9H2,1-2H3,(H,16,17). The third kappa shape index (κ3) is 3.42. The summed E-state index contributed by atoms with van der Waals surface area (Å²) in [5.74, 6) is 0.977. The number of halogens is 1. The van der Waals surface area contributed by atoms with Crippen LogP contribution in [-0.4, -0.2) is 24.6 Å². The molecule has 0 atom stereocenters. The van der Waals surface area contributed by atoms with Crippen molar-refractivity contribution in [3.8, 4) is 0 Å². The van der Waals surface area contributed by atoms with Gasteiger partial charge < -0.3 is 10.6 Å². The molecule has 0 spiro atoms. The normalized spacial score (nSPS) is 19.0. The molecular weight excluding hydrogens is 278 g/mol. The highest BCUT2D eigenvalue weighted by Crippen LogP contribution is 2.28. The molecule has 1 aromatic heterocycles. The lowest BCUT2D eigenvalue weighted by Crippen LogP contribution is -2.39. The first kappa shape index (κ1) is 12.8. The number of aryl methyl sites for hydroxylation is 1.